The number of carbonyl (C=O) groups is 1. The van der Waals surface area contributed by atoms with Crippen molar-refractivity contribution in [2.45, 2.75) is 6.42 Å². The molecular weight excluding hydrogens is 345 g/mol. The van der Waals surface area contributed by atoms with Crippen LogP contribution in [0.3, 0.4) is 0 Å². The zero-order valence-corrected chi connectivity index (χ0v) is 14.6. The van der Waals surface area contributed by atoms with Crippen LogP contribution < -0.4 is 4.74 Å². The highest BCUT2D eigenvalue weighted by atomic mass is 35.5. The van der Waals surface area contributed by atoms with Gasteiger partial charge < -0.3 is 9.64 Å². The second kappa shape index (κ2) is 7.73. The Morgan fingerprint density at radius 3 is 2.62 bits per heavy atom. The number of benzene rings is 2. The molecule has 5 heteroatoms. The average molecular weight is 362 g/mol. The summed E-state index contributed by atoms with van der Waals surface area (Å²) in [6.07, 6.45) is 2.94. The zero-order chi connectivity index (χ0) is 16.9. The monoisotopic (exact) mass is 361 g/mol. The maximum Gasteiger partial charge on any atom is 0.260 e. The van der Waals surface area contributed by atoms with Crippen molar-refractivity contribution in [3.63, 3.8) is 0 Å². The lowest BCUT2D eigenvalue weighted by atomic mass is 10.00. The van der Waals surface area contributed by atoms with Gasteiger partial charge in [-0.1, -0.05) is 59.6 Å². The van der Waals surface area contributed by atoms with Crippen molar-refractivity contribution in [1.29, 1.82) is 0 Å². The number of carbonyl (C=O) groups excluding carboxylic acids is 1. The number of rotatable bonds is 4. The Bertz CT molecular complexity index is 759. The molecule has 1 aliphatic rings. The second-order valence-electron chi connectivity index (χ2n) is 5.55. The van der Waals surface area contributed by atoms with Crippen LogP contribution in [0.25, 0.3) is 5.57 Å². The van der Waals surface area contributed by atoms with E-state index >= 15 is 0 Å². The molecule has 124 valence electrons. The van der Waals surface area contributed by atoms with Crippen molar-refractivity contribution in [3.8, 4) is 5.75 Å². The standard InChI is InChI=1S/C19H17Cl2NO2/c20-16-6-7-17(21)18(12-16)24-13-19(23)22-10-8-15(9-11-22)14-4-2-1-3-5-14/h1-8,12H,9-11,13H2. The third kappa shape index (κ3) is 4.11. The van der Waals surface area contributed by atoms with Gasteiger partial charge in [0.2, 0.25) is 0 Å². The molecule has 0 aromatic heterocycles. The predicted molar refractivity (Wildman–Crippen MR) is 97.6 cm³/mol. The van der Waals surface area contributed by atoms with Crippen molar-refractivity contribution in [2.75, 3.05) is 19.7 Å². The van der Waals surface area contributed by atoms with Crippen molar-refractivity contribution in [3.05, 3.63) is 70.2 Å². The van der Waals surface area contributed by atoms with Crippen LogP contribution >= 0.6 is 23.2 Å². The number of nitrogens with zero attached hydrogens (tertiary/aromatic N) is 1. The van der Waals surface area contributed by atoms with Crippen molar-refractivity contribution >= 4 is 34.7 Å². The first-order chi connectivity index (χ1) is 11.6. The van der Waals surface area contributed by atoms with Crippen molar-refractivity contribution in [1.82, 2.24) is 4.90 Å². The number of hydrogen-bond acceptors (Lipinski definition) is 2. The van der Waals surface area contributed by atoms with Crippen LogP contribution in [0.5, 0.6) is 5.75 Å². The van der Waals surface area contributed by atoms with E-state index in [0.29, 0.717) is 28.9 Å². The van der Waals surface area contributed by atoms with E-state index in [-0.39, 0.29) is 12.5 Å². The number of hydrogen-bond donors (Lipinski definition) is 0. The van der Waals surface area contributed by atoms with E-state index in [1.54, 1.807) is 23.1 Å². The fourth-order valence-corrected chi connectivity index (χ4v) is 2.96. The summed E-state index contributed by atoms with van der Waals surface area (Å²) in [5.41, 5.74) is 2.49. The molecule has 24 heavy (non-hydrogen) atoms. The minimum absolute atomic E-state index is 0.0471. The van der Waals surface area contributed by atoms with E-state index in [1.165, 1.54) is 11.1 Å². The number of halogens is 2. The summed E-state index contributed by atoms with van der Waals surface area (Å²) in [4.78, 5) is 14.1. The van der Waals surface area contributed by atoms with Gasteiger partial charge in [-0.3, -0.25) is 4.79 Å². The Morgan fingerprint density at radius 2 is 1.92 bits per heavy atom. The minimum Gasteiger partial charge on any atom is -0.482 e. The summed E-state index contributed by atoms with van der Waals surface area (Å²) in [7, 11) is 0. The van der Waals surface area contributed by atoms with E-state index in [4.69, 9.17) is 27.9 Å². The van der Waals surface area contributed by atoms with Crippen molar-refractivity contribution < 1.29 is 9.53 Å². The van der Waals surface area contributed by atoms with Gasteiger partial charge in [-0.05, 0) is 29.7 Å². The van der Waals surface area contributed by atoms with Crippen LogP contribution in [0.15, 0.2) is 54.6 Å². The minimum atomic E-state index is -0.0607. The third-order valence-electron chi connectivity index (χ3n) is 3.95. The van der Waals surface area contributed by atoms with E-state index in [9.17, 15) is 4.79 Å². The summed E-state index contributed by atoms with van der Waals surface area (Å²) in [5.74, 6) is 0.365. The second-order valence-corrected chi connectivity index (χ2v) is 6.39. The summed E-state index contributed by atoms with van der Waals surface area (Å²) in [6, 6.07) is 15.2. The van der Waals surface area contributed by atoms with Gasteiger partial charge in [0.1, 0.15) is 5.75 Å². The number of ether oxygens (including phenoxy) is 1. The molecule has 3 nitrogen and oxygen atoms in total. The fraction of sp³-hybridized carbons (Fsp3) is 0.211. The molecule has 1 aliphatic heterocycles. The van der Waals surface area contributed by atoms with Crippen LogP contribution in [0, 0.1) is 0 Å². The van der Waals surface area contributed by atoms with Gasteiger partial charge in [0, 0.05) is 24.2 Å². The molecule has 0 unspecified atom stereocenters. The summed E-state index contributed by atoms with van der Waals surface area (Å²) in [6.45, 7) is 1.23. The van der Waals surface area contributed by atoms with E-state index < -0.39 is 0 Å². The first kappa shape index (κ1) is 16.9. The van der Waals surface area contributed by atoms with Gasteiger partial charge in [0.15, 0.2) is 6.61 Å². The maximum atomic E-state index is 12.3. The molecule has 0 saturated carbocycles. The summed E-state index contributed by atoms with van der Waals surface area (Å²) >= 11 is 11.9. The first-order valence-electron chi connectivity index (χ1n) is 7.73. The Labute approximate surface area is 151 Å². The molecule has 0 aliphatic carbocycles. The Morgan fingerprint density at radius 1 is 1.12 bits per heavy atom. The molecule has 0 fully saturated rings. The van der Waals surface area contributed by atoms with Crippen LogP contribution in [0.1, 0.15) is 12.0 Å². The summed E-state index contributed by atoms with van der Waals surface area (Å²) in [5, 5.41) is 0.965. The van der Waals surface area contributed by atoms with Crippen LogP contribution in [-0.4, -0.2) is 30.5 Å². The average Bonchev–Trinajstić information content (AvgIpc) is 2.63. The third-order valence-corrected chi connectivity index (χ3v) is 4.50. The van der Waals surface area contributed by atoms with E-state index in [2.05, 4.69) is 18.2 Å². The van der Waals surface area contributed by atoms with Gasteiger partial charge in [-0.2, -0.15) is 0 Å². The molecule has 1 amide bonds. The van der Waals surface area contributed by atoms with Crippen molar-refractivity contribution in [2.24, 2.45) is 0 Å². The van der Waals surface area contributed by atoms with Gasteiger partial charge in [-0.15, -0.1) is 0 Å². The molecule has 0 saturated heterocycles. The molecule has 2 aromatic carbocycles. The molecule has 1 heterocycles. The highest BCUT2D eigenvalue weighted by molar-refractivity contribution is 6.34. The quantitative estimate of drug-likeness (QED) is 0.790. The van der Waals surface area contributed by atoms with Gasteiger partial charge in [0.05, 0.1) is 5.02 Å². The molecule has 2 aromatic rings. The number of amides is 1. The highest BCUT2D eigenvalue weighted by Gasteiger charge is 2.18. The Hall–Kier alpha value is -1.97. The SMILES string of the molecule is O=C(COc1cc(Cl)ccc1Cl)N1CC=C(c2ccccc2)CC1. The summed E-state index contributed by atoms with van der Waals surface area (Å²) < 4.78 is 5.52. The molecule has 0 N–H and O–H groups in total. The smallest absolute Gasteiger partial charge is 0.260 e. The largest absolute Gasteiger partial charge is 0.482 e. The van der Waals surface area contributed by atoms with E-state index in [1.807, 2.05) is 18.2 Å². The van der Waals surface area contributed by atoms with Crippen LogP contribution in [0.4, 0.5) is 0 Å². The van der Waals surface area contributed by atoms with Crippen LogP contribution in [-0.2, 0) is 4.79 Å². The van der Waals surface area contributed by atoms with Gasteiger partial charge in [-0.25, -0.2) is 0 Å². The molecule has 3 rings (SSSR count). The fourth-order valence-electron chi connectivity index (χ4n) is 2.63. The molecular formula is C19H17Cl2NO2. The Kier molecular flexibility index (Phi) is 5.44. The molecule has 0 radical (unpaired) electrons. The lowest BCUT2D eigenvalue weighted by molar-refractivity contribution is -0.132. The molecule has 0 spiro atoms. The Balaban J connectivity index is 1.57. The van der Waals surface area contributed by atoms with Gasteiger partial charge in [0.25, 0.3) is 5.91 Å². The lowest BCUT2D eigenvalue weighted by Crippen LogP contribution is -2.37. The maximum absolute atomic E-state index is 12.3. The zero-order valence-electron chi connectivity index (χ0n) is 13.0. The highest BCUT2D eigenvalue weighted by Crippen LogP contribution is 2.28. The lowest BCUT2D eigenvalue weighted by Gasteiger charge is -2.26. The topological polar surface area (TPSA) is 29.5 Å². The predicted octanol–water partition coefficient (Wildman–Crippen LogP) is 4.69. The van der Waals surface area contributed by atoms with Gasteiger partial charge >= 0.3 is 0 Å². The molecule has 0 atom stereocenters. The van der Waals surface area contributed by atoms with E-state index in [0.717, 1.165) is 6.42 Å². The molecule has 0 bridgehead atoms. The van der Waals surface area contributed by atoms with Crippen LogP contribution in [0.2, 0.25) is 10.0 Å². The first-order valence-corrected chi connectivity index (χ1v) is 8.49. The normalized spacial score (nSPS) is 14.2.